The smallest absolute Gasteiger partial charge is 0.410 e. The van der Waals surface area contributed by atoms with Crippen molar-refractivity contribution in [2.75, 3.05) is 12.6 Å². The summed E-state index contributed by atoms with van der Waals surface area (Å²) in [5, 5.41) is 0. The van der Waals surface area contributed by atoms with Crippen molar-refractivity contribution in [2.45, 2.75) is 51.0 Å². The van der Waals surface area contributed by atoms with Crippen LogP contribution in [0, 0.1) is 11.6 Å². The molecule has 0 aromatic heterocycles. The average molecular weight is 639 g/mol. The number of halogens is 4. The second kappa shape index (κ2) is 14.5. The van der Waals surface area contributed by atoms with Gasteiger partial charge in [0.1, 0.15) is 18.6 Å². The third kappa shape index (κ3) is 7.85. The van der Waals surface area contributed by atoms with Crippen LogP contribution < -0.4 is 9.61 Å². The van der Waals surface area contributed by atoms with E-state index in [1.807, 2.05) is 4.72 Å². The largest absolute Gasteiger partial charge is 0.445 e. The highest BCUT2D eigenvalue weighted by Crippen LogP contribution is 2.36. The summed E-state index contributed by atoms with van der Waals surface area (Å²) in [6.07, 6.45) is -3.55. The minimum atomic E-state index is -4.60. The molecule has 1 amide bonds. The fourth-order valence-corrected chi connectivity index (χ4v) is 5.61. The number of alkyl halides is 2. The Bertz CT molecular complexity index is 1580. The first-order chi connectivity index (χ1) is 21.0. The number of amides is 1. The molecule has 0 unspecified atom stereocenters. The van der Waals surface area contributed by atoms with Gasteiger partial charge in [-0.3, -0.25) is 9.78 Å². The number of nitrogens with one attached hydrogen (secondary N) is 1. The lowest BCUT2D eigenvalue weighted by Gasteiger charge is -2.42. The first-order valence-corrected chi connectivity index (χ1v) is 15.3. The predicted molar refractivity (Wildman–Crippen MR) is 151 cm³/mol. The van der Waals surface area contributed by atoms with E-state index >= 15 is 8.78 Å². The van der Waals surface area contributed by atoms with Crippen molar-refractivity contribution in [2.24, 2.45) is 0 Å². The number of sulfonamides is 1. The lowest BCUT2D eigenvalue weighted by molar-refractivity contribution is -0.214. The molecule has 9 nitrogen and oxygen atoms in total. The second-order valence-corrected chi connectivity index (χ2v) is 11.6. The van der Waals surface area contributed by atoms with Gasteiger partial charge < -0.3 is 9.64 Å². The molecule has 0 spiro atoms. The van der Waals surface area contributed by atoms with Gasteiger partial charge in [-0.2, -0.15) is 0 Å². The molecule has 3 atom stereocenters. The minimum absolute atomic E-state index is 0.0673. The summed E-state index contributed by atoms with van der Waals surface area (Å²) in [5.74, 6) is -3.23. The average Bonchev–Trinajstić information content (AvgIpc) is 3.02. The second-order valence-electron chi connectivity index (χ2n) is 9.96. The monoisotopic (exact) mass is 638 g/mol. The van der Waals surface area contributed by atoms with E-state index in [0.29, 0.717) is 5.56 Å². The highest BCUT2D eigenvalue weighted by atomic mass is 32.2. The number of hydrogen-bond donors (Lipinski definition) is 1. The normalized spacial score (nSPS) is 18.5. The standard InChI is InChI=1S/C30H30F4N2O7S/c1-2-26(37)42-43-29-22(12-7-13-24(29)33)21-11-6-10-20(27(21)34)16-25-28(35-44(39,40)18-31)23(32)14-15-36(25)30(38)41-17-19-8-4-3-5-9-19/h3-13,23,25,28,35H,2,14-18H2,1H3/t23-,25-,28-/m0/s1. The number of carbonyl (C=O) groups excluding carboxylic acids is 2. The summed E-state index contributed by atoms with van der Waals surface area (Å²) in [6, 6.07) is 11.5. The van der Waals surface area contributed by atoms with E-state index in [1.165, 1.54) is 37.3 Å². The van der Waals surface area contributed by atoms with Crippen LogP contribution in [0.1, 0.15) is 30.9 Å². The third-order valence-corrected chi connectivity index (χ3v) is 7.94. The van der Waals surface area contributed by atoms with Gasteiger partial charge in [0.2, 0.25) is 21.8 Å². The lowest BCUT2D eigenvalue weighted by Crippen LogP contribution is -2.62. The zero-order chi connectivity index (χ0) is 31.9. The van der Waals surface area contributed by atoms with E-state index in [-0.39, 0.29) is 42.7 Å². The van der Waals surface area contributed by atoms with Crippen LogP contribution in [-0.2, 0) is 37.5 Å². The number of likely N-dealkylation sites (tertiary alicyclic amines) is 1. The van der Waals surface area contributed by atoms with E-state index < -0.39 is 70.2 Å². The van der Waals surface area contributed by atoms with E-state index in [0.717, 1.165) is 11.0 Å². The molecular formula is C30H30F4N2O7S. The van der Waals surface area contributed by atoms with Gasteiger partial charge in [-0.05, 0) is 30.0 Å². The molecule has 1 saturated heterocycles. The molecule has 4 rings (SSSR count). The summed E-state index contributed by atoms with van der Waals surface area (Å²) >= 11 is 0. The van der Waals surface area contributed by atoms with Crippen LogP contribution in [0.4, 0.5) is 22.4 Å². The number of ether oxygens (including phenoxy) is 1. The van der Waals surface area contributed by atoms with Crippen LogP contribution >= 0.6 is 0 Å². The van der Waals surface area contributed by atoms with Crippen molar-refractivity contribution < 1.29 is 50.1 Å². The van der Waals surface area contributed by atoms with Crippen molar-refractivity contribution in [3.8, 4) is 16.9 Å². The van der Waals surface area contributed by atoms with E-state index in [9.17, 15) is 26.8 Å². The quantitative estimate of drug-likeness (QED) is 0.171. The molecule has 3 aromatic rings. The number of carbonyl (C=O) groups is 2. The SMILES string of the molecule is CCC(=O)OOc1c(F)cccc1-c1cccc(C[C@H]2[C@@H](NS(=O)(=O)CF)[C@@H](F)CCN2C(=O)OCc2ccccc2)c1F. The van der Waals surface area contributed by atoms with E-state index in [2.05, 4.69) is 4.89 Å². The Morgan fingerprint density at radius 1 is 1.00 bits per heavy atom. The number of rotatable bonds is 11. The highest BCUT2D eigenvalue weighted by Gasteiger charge is 2.43. The summed E-state index contributed by atoms with van der Waals surface area (Å²) < 4.78 is 91.0. The summed E-state index contributed by atoms with van der Waals surface area (Å²) in [7, 11) is -4.60. The number of piperidine rings is 1. The van der Waals surface area contributed by atoms with Crippen LogP contribution in [0.3, 0.4) is 0 Å². The maximum atomic E-state index is 16.1. The first-order valence-electron chi connectivity index (χ1n) is 13.7. The first kappa shape index (κ1) is 32.7. The van der Waals surface area contributed by atoms with Crippen molar-refractivity contribution in [1.82, 2.24) is 9.62 Å². The maximum Gasteiger partial charge on any atom is 0.410 e. The summed E-state index contributed by atoms with van der Waals surface area (Å²) in [4.78, 5) is 35.4. The van der Waals surface area contributed by atoms with Gasteiger partial charge in [0, 0.05) is 24.1 Å². The molecule has 3 aromatic carbocycles. The van der Waals surface area contributed by atoms with Crippen LogP contribution in [0.5, 0.6) is 5.75 Å². The Morgan fingerprint density at radius 3 is 2.41 bits per heavy atom. The number of nitrogens with zero attached hydrogens (tertiary/aromatic N) is 1. The minimum Gasteiger partial charge on any atom is -0.445 e. The predicted octanol–water partition coefficient (Wildman–Crippen LogP) is 5.39. The molecule has 0 radical (unpaired) electrons. The fraction of sp³-hybridized carbons (Fsp3) is 0.333. The molecule has 1 fully saturated rings. The van der Waals surface area contributed by atoms with Crippen molar-refractivity contribution >= 4 is 22.1 Å². The Labute approximate surface area is 251 Å². The van der Waals surface area contributed by atoms with E-state index in [4.69, 9.17) is 9.62 Å². The van der Waals surface area contributed by atoms with Gasteiger partial charge in [0.25, 0.3) is 0 Å². The molecule has 236 valence electrons. The summed E-state index contributed by atoms with van der Waals surface area (Å²) in [6.45, 7) is 1.16. The third-order valence-electron chi connectivity index (χ3n) is 7.02. The molecule has 1 aliphatic heterocycles. The van der Waals surface area contributed by atoms with Crippen LogP contribution in [-0.4, -0.2) is 56.2 Å². The topological polar surface area (TPSA) is 111 Å². The van der Waals surface area contributed by atoms with E-state index in [1.54, 1.807) is 30.3 Å². The lowest BCUT2D eigenvalue weighted by atomic mass is 9.89. The molecular weight excluding hydrogens is 608 g/mol. The number of hydrogen-bond acceptors (Lipinski definition) is 7. The van der Waals surface area contributed by atoms with Crippen molar-refractivity contribution in [1.29, 1.82) is 0 Å². The summed E-state index contributed by atoms with van der Waals surface area (Å²) in [5.41, 5.74) is 0.252. The number of para-hydroxylation sites is 1. The van der Waals surface area contributed by atoms with Gasteiger partial charge in [-0.1, -0.05) is 67.6 Å². The molecule has 1 heterocycles. The van der Waals surface area contributed by atoms with Gasteiger partial charge in [0.05, 0.1) is 12.1 Å². The van der Waals surface area contributed by atoms with Crippen molar-refractivity contribution in [3.05, 3.63) is 89.5 Å². The molecule has 0 bridgehead atoms. The van der Waals surface area contributed by atoms with Gasteiger partial charge >= 0.3 is 12.1 Å². The Hall–Kier alpha value is -4.17. The van der Waals surface area contributed by atoms with Gasteiger partial charge in [0.15, 0.2) is 5.82 Å². The Balaban J connectivity index is 1.69. The van der Waals surface area contributed by atoms with Crippen LogP contribution in [0.25, 0.3) is 11.1 Å². The molecule has 0 aliphatic carbocycles. The van der Waals surface area contributed by atoms with Gasteiger partial charge in [-0.25, -0.2) is 40.3 Å². The Kier molecular flexibility index (Phi) is 10.8. The molecule has 14 heteroatoms. The van der Waals surface area contributed by atoms with Crippen LogP contribution in [0.2, 0.25) is 0 Å². The molecule has 1 N–H and O–H groups in total. The zero-order valence-electron chi connectivity index (χ0n) is 23.6. The fourth-order valence-electron chi connectivity index (χ4n) is 4.82. The number of benzene rings is 3. The molecule has 1 aliphatic rings. The molecule has 0 saturated carbocycles. The maximum absolute atomic E-state index is 16.1. The highest BCUT2D eigenvalue weighted by molar-refractivity contribution is 7.89. The van der Waals surface area contributed by atoms with Gasteiger partial charge in [-0.15, -0.1) is 0 Å². The Morgan fingerprint density at radius 2 is 1.70 bits per heavy atom. The zero-order valence-corrected chi connectivity index (χ0v) is 24.4. The van der Waals surface area contributed by atoms with Crippen LogP contribution in [0.15, 0.2) is 66.7 Å². The molecule has 44 heavy (non-hydrogen) atoms. The van der Waals surface area contributed by atoms with Crippen molar-refractivity contribution in [3.63, 3.8) is 0 Å².